The van der Waals surface area contributed by atoms with Crippen molar-refractivity contribution in [3.05, 3.63) is 41.7 Å². The molecule has 1 aliphatic heterocycles. The molecule has 1 aromatic carbocycles. The Balaban J connectivity index is 2.11. The first-order chi connectivity index (χ1) is 9.70. The fourth-order valence-electron chi connectivity index (χ4n) is 2.96. The Hall–Kier alpha value is -2.10. The smallest absolute Gasteiger partial charge is 0.141 e. The van der Waals surface area contributed by atoms with Crippen molar-refractivity contribution in [3.8, 4) is 0 Å². The molecular formula is C16H20N4. The molecule has 4 heteroatoms. The number of para-hydroxylation sites is 1. The molecule has 2 heterocycles. The van der Waals surface area contributed by atoms with E-state index in [-0.39, 0.29) is 0 Å². The first-order valence-electron chi connectivity index (χ1n) is 7.05. The normalized spacial score (nSPS) is 17.8. The van der Waals surface area contributed by atoms with Crippen molar-refractivity contribution < 1.29 is 0 Å². The summed E-state index contributed by atoms with van der Waals surface area (Å²) in [5.41, 5.74) is 3.77. The molecule has 1 atom stereocenters. The third-order valence-corrected chi connectivity index (χ3v) is 3.89. The van der Waals surface area contributed by atoms with Crippen molar-refractivity contribution in [3.63, 3.8) is 0 Å². The number of anilines is 3. The number of benzene rings is 1. The molecule has 3 rings (SSSR count). The molecule has 0 bridgehead atoms. The molecule has 0 saturated heterocycles. The van der Waals surface area contributed by atoms with Crippen LogP contribution in [0.3, 0.4) is 0 Å². The Morgan fingerprint density at radius 2 is 2.05 bits per heavy atom. The number of fused-ring (bicyclic) bond motifs is 1. The van der Waals surface area contributed by atoms with Crippen LogP contribution < -0.4 is 10.2 Å². The van der Waals surface area contributed by atoms with Crippen LogP contribution in [0.2, 0.25) is 0 Å². The summed E-state index contributed by atoms with van der Waals surface area (Å²) in [5, 5.41) is 3.13. The van der Waals surface area contributed by atoms with Crippen LogP contribution in [-0.4, -0.2) is 23.6 Å². The first kappa shape index (κ1) is 12.9. The summed E-state index contributed by atoms with van der Waals surface area (Å²) >= 11 is 0. The van der Waals surface area contributed by atoms with Gasteiger partial charge in [-0.15, -0.1) is 0 Å². The second-order valence-electron chi connectivity index (χ2n) is 5.47. The highest BCUT2D eigenvalue weighted by Gasteiger charge is 2.25. The van der Waals surface area contributed by atoms with E-state index >= 15 is 0 Å². The topological polar surface area (TPSA) is 41.1 Å². The zero-order valence-corrected chi connectivity index (χ0v) is 12.2. The fraction of sp³-hybridized carbons (Fsp3) is 0.375. The predicted molar refractivity (Wildman–Crippen MR) is 82.6 cm³/mol. The van der Waals surface area contributed by atoms with Crippen molar-refractivity contribution in [2.45, 2.75) is 20.3 Å². The summed E-state index contributed by atoms with van der Waals surface area (Å²) < 4.78 is 0. The Labute approximate surface area is 119 Å². The summed E-state index contributed by atoms with van der Waals surface area (Å²) in [7, 11) is 1.89. The minimum absolute atomic E-state index is 0.623. The third-order valence-electron chi connectivity index (χ3n) is 3.89. The second-order valence-corrected chi connectivity index (χ2v) is 5.47. The molecule has 0 radical (unpaired) electrons. The fourth-order valence-corrected chi connectivity index (χ4v) is 2.96. The molecule has 4 nitrogen and oxygen atoms in total. The zero-order chi connectivity index (χ0) is 14.1. The van der Waals surface area contributed by atoms with E-state index in [2.05, 4.69) is 58.3 Å². The van der Waals surface area contributed by atoms with Crippen LogP contribution in [0.1, 0.15) is 18.1 Å². The van der Waals surface area contributed by atoms with Gasteiger partial charge in [0.25, 0.3) is 0 Å². The summed E-state index contributed by atoms with van der Waals surface area (Å²) in [6, 6.07) is 8.60. The van der Waals surface area contributed by atoms with Gasteiger partial charge in [-0.1, -0.05) is 25.1 Å². The number of aromatic nitrogens is 2. The van der Waals surface area contributed by atoms with Crippen molar-refractivity contribution in [2.75, 3.05) is 23.8 Å². The van der Waals surface area contributed by atoms with Gasteiger partial charge in [0.1, 0.15) is 18.0 Å². The van der Waals surface area contributed by atoms with Gasteiger partial charge in [0, 0.05) is 24.8 Å². The zero-order valence-electron chi connectivity index (χ0n) is 12.2. The summed E-state index contributed by atoms with van der Waals surface area (Å²) in [4.78, 5) is 11.1. The van der Waals surface area contributed by atoms with E-state index in [9.17, 15) is 0 Å². The summed E-state index contributed by atoms with van der Waals surface area (Å²) in [6.45, 7) is 5.36. The standard InChI is InChI=1S/C16H20N4/c1-11-8-13-6-4-5-7-14(13)20(9-11)16-12(2)15(17-3)18-10-19-16/h4-7,10-11H,8-9H2,1-3H3,(H,17,18,19). The van der Waals surface area contributed by atoms with E-state index in [0.717, 1.165) is 30.2 Å². The predicted octanol–water partition coefficient (Wildman–Crippen LogP) is 3.16. The van der Waals surface area contributed by atoms with Gasteiger partial charge in [-0.25, -0.2) is 9.97 Å². The number of nitrogens with one attached hydrogen (secondary N) is 1. The maximum atomic E-state index is 4.52. The molecule has 0 spiro atoms. The quantitative estimate of drug-likeness (QED) is 0.908. The highest BCUT2D eigenvalue weighted by Crippen LogP contribution is 2.36. The molecule has 1 N–H and O–H groups in total. The average Bonchev–Trinajstić information content (AvgIpc) is 2.46. The van der Waals surface area contributed by atoms with E-state index in [4.69, 9.17) is 0 Å². The molecule has 104 valence electrons. The van der Waals surface area contributed by atoms with Gasteiger partial charge < -0.3 is 10.2 Å². The Kier molecular flexibility index (Phi) is 3.30. The molecule has 0 aliphatic carbocycles. The van der Waals surface area contributed by atoms with Gasteiger partial charge in [-0.3, -0.25) is 0 Å². The van der Waals surface area contributed by atoms with E-state index in [1.807, 2.05) is 7.05 Å². The molecule has 1 unspecified atom stereocenters. The van der Waals surface area contributed by atoms with Crippen molar-refractivity contribution in [1.82, 2.24) is 9.97 Å². The lowest BCUT2D eigenvalue weighted by Gasteiger charge is -2.34. The highest BCUT2D eigenvalue weighted by molar-refractivity contribution is 5.70. The molecule has 0 fully saturated rings. The molecule has 20 heavy (non-hydrogen) atoms. The number of rotatable bonds is 2. The van der Waals surface area contributed by atoms with Crippen LogP contribution in [0.4, 0.5) is 17.3 Å². The van der Waals surface area contributed by atoms with Crippen molar-refractivity contribution >= 4 is 17.3 Å². The van der Waals surface area contributed by atoms with Gasteiger partial charge in [0.15, 0.2) is 0 Å². The maximum Gasteiger partial charge on any atom is 0.141 e. The van der Waals surface area contributed by atoms with E-state index in [1.54, 1.807) is 6.33 Å². The molecular weight excluding hydrogens is 248 g/mol. The van der Waals surface area contributed by atoms with Gasteiger partial charge in [0.2, 0.25) is 0 Å². The minimum atomic E-state index is 0.623. The van der Waals surface area contributed by atoms with Gasteiger partial charge in [0.05, 0.1) is 0 Å². The SMILES string of the molecule is CNc1ncnc(N2CC(C)Cc3ccccc32)c1C. The lowest BCUT2D eigenvalue weighted by atomic mass is 9.93. The number of hydrogen-bond donors (Lipinski definition) is 1. The molecule has 2 aromatic rings. The van der Waals surface area contributed by atoms with Crippen molar-refractivity contribution in [2.24, 2.45) is 5.92 Å². The maximum absolute atomic E-state index is 4.52. The largest absolute Gasteiger partial charge is 0.373 e. The lowest BCUT2D eigenvalue weighted by Crippen LogP contribution is -2.31. The van der Waals surface area contributed by atoms with Crippen LogP contribution in [0, 0.1) is 12.8 Å². The minimum Gasteiger partial charge on any atom is -0.373 e. The van der Waals surface area contributed by atoms with E-state index in [0.29, 0.717) is 5.92 Å². The summed E-state index contributed by atoms with van der Waals surface area (Å²) in [6.07, 6.45) is 2.77. The highest BCUT2D eigenvalue weighted by atomic mass is 15.2. The van der Waals surface area contributed by atoms with E-state index < -0.39 is 0 Å². The van der Waals surface area contributed by atoms with Crippen LogP contribution in [0.25, 0.3) is 0 Å². The van der Waals surface area contributed by atoms with Crippen LogP contribution in [-0.2, 0) is 6.42 Å². The van der Waals surface area contributed by atoms with Gasteiger partial charge in [-0.2, -0.15) is 0 Å². The molecule has 0 saturated carbocycles. The van der Waals surface area contributed by atoms with Crippen LogP contribution in [0.15, 0.2) is 30.6 Å². The lowest BCUT2D eigenvalue weighted by molar-refractivity contribution is 0.559. The molecule has 0 amide bonds. The van der Waals surface area contributed by atoms with Crippen LogP contribution >= 0.6 is 0 Å². The Morgan fingerprint density at radius 3 is 2.85 bits per heavy atom. The first-order valence-corrected chi connectivity index (χ1v) is 7.05. The third kappa shape index (κ3) is 2.11. The van der Waals surface area contributed by atoms with Crippen LogP contribution in [0.5, 0.6) is 0 Å². The molecule has 1 aromatic heterocycles. The van der Waals surface area contributed by atoms with Gasteiger partial charge >= 0.3 is 0 Å². The van der Waals surface area contributed by atoms with Crippen molar-refractivity contribution in [1.29, 1.82) is 0 Å². The number of nitrogens with zero attached hydrogens (tertiary/aromatic N) is 3. The molecule has 1 aliphatic rings. The average molecular weight is 268 g/mol. The number of hydrogen-bond acceptors (Lipinski definition) is 4. The van der Waals surface area contributed by atoms with Gasteiger partial charge in [-0.05, 0) is 30.9 Å². The second kappa shape index (κ2) is 5.12. The summed E-state index contributed by atoms with van der Waals surface area (Å²) in [5.74, 6) is 2.52. The Bertz CT molecular complexity index is 624. The monoisotopic (exact) mass is 268 g/mol. The van der Waals surface area contributed by atoms with E-state index in [1.165, 1.54) is 11.3 Å². The Morgan fingerprint density at radius 1 is 1.25 bits per heavy atom.